The lowest BCUT2D eigenvalue weighted by Gasteiger charge is -2.21. The molecule has 0 radical (unpaired) electrons. The molecule has 0 saturated carbocycles. The van der Waals surface area contributed by atoms with Crippen molar-refractivity contribution in [1.29, 1.82) is 0 Å². The molecule has 0 fully saturated rings. The van der Waals surface area contributed by atoms with E-state index >= 15 is 0 Å². The predicted molar refractivity (Wildman–Crippen MR) is 120 cm³/mol. The maximum atomic E-state index is 13.7. The quantitative estimate of drug-likeness (QED) is 0.327. The highest BCUT2D eigenvalue weighted by Gasteiger charge is 2.34. The van der Waals surface area contributed by atoms with Crippen molar-refractivity contribution in [3.63, 3.8) is 0 Å². The number of allylic oxidation sites excluding steroid dienone is 1. The molecule has 0 saturated heterocycles. The van der Waals surface area contributed by atoms with E-state index < -0.39 is 23.5 Å². The second-order valence-electron chi connectivity index (χ2n) is 7.51. The average Bonchev–Trinajstić information content (AvgIpc) is 2.76. The minimum Gasteiger partial charge on any atom is -0.330 e. The summed E-state index contributed by atoms with van der Waals surface area (Å²) in [6.45, 7) is 4.84. The second kappa shape index (κ2) is 10.3. The number of guanidine groups is 1. The van der Waals surface area contributed by atoms with Crippen LogP contribution in [0.4, 0.5) is 32.0 Å². The molecule has 5 nitrogen and oxygen atoms in total. The van der Waals surface area contributed by atoms with Gasteiger partial charge in [-0.25, -0.2) is 4.99 Å². The van der Waals surface area contributed by atoms with Crippen molar-refractivity contribution in [2.45, 2.75) is 25.3 Å². The van der Waals surface area contributed by atoms with Gasteiger partial charge in [-0.15, -0.1) is 0 Å². The van der Waals surface area contributed by atoms with Crippen LogP contribution in [0.1, 0.15) is 28.7 Å². The van der Waals surface area contributed by atoms with Crippen LogP contribution in [0.2, 0.25) is 0 Å². The van der Waals surface area contributed by atoms with E-state index in [9.17, 15) is 26.3 Å². The Morgan fingerprint density at radius 1 is 0.971 bits per heavy atom. The number of rotatable bonds is 7. The number of hydrogen-bond donors (Lipinski definition) is 4. The van der Waals surface area contributed by atoms with Gasteiger partial charge in [-0.3, -0.25) is 0 Å². The Balaban J connectivity index is 1.79. The van der Waals surface area contributed by atoms with E-state index in [0.29, 0.717) is 30.8 Å². The lowest BCUT2D eigenvalue weighted by atomic mass is 9.97. The van der Waals surface area contributed by atoms with E-state index in [2.05, 4.69) is 27.5 Å². The van der Waals surface area contributed by atoms with Crippen LogP contribution in [0, 0.1) is 0 Å². The summed E-state index contributed by atoms with van der Waals surface area (Å²) in [5.41, 5.74) is 5.20. The zero-order valence-electron chi connectivity index (χ0n) is 17.9. The minimum atomic E-state index is -4.55. The highest BCUT2D eigenvalue weighted by molar-refractivity contribution is 6.00. The molecule has 1 aliphatic rings. The van der Waals surface area contributed by atoms with Gasteiger partial charge in [-0.1, -0.05) is 18.7 Å². The van der Waals surface area contributed by atoms with E-state index in [1.807, 2.05) is 0 Å². The summed E-state index contributed by atoms with van der Waals surface area (Å²) in [7, 11) is 0. The van der Waals surface area contributed by atoms with Crippen LogP contribution in [-0.4, -0.2) is 19.0 Å². The normalized spacial score (nSPS) is 14.4. The maximum absolute atomic E-state index is 13.7. The van der Waals surface area contributed by atoms with Crippen molar-refractivity contribution >= 4 is 17.2 Å². The molecule has 0 bridgehead atoms. The monoisotopic (exact) mass is 483 g/mol. The first-order valence-corrected chi connectivity index (χ1v) is 10.3. The second-order valence-corrected chi connectivity index (χ2v) is 7.51. The molecule has 0 aliphatic carbocycles. The summed E-state index contributed by atoms with van der Waals surface area (Å²) in [4.78, 5) is 4.13. The number of hydrogen-bond acceptors (Lipinski definition) is 5. The van der Waals surface area contributed by atoms with Crippen LogP contribution in [0.15, 0.2) is 65.9 Å². The van der Waals surface area contributed by atoms with Gasteiger partial charge in [-0.2, -0.15) is 26.3 Å². The van der Waals surface area contributed by atoms with Crippen LogP contribution in [0.3, 0.4) is 0 Å². The number of aliphatic imine (C=N–C) groups is 1. The first kappa shape index (κ1) is 25.3. The van der Waals surface area contributed by atoms with E-state index in [-0.39, 0.29) is 29.3 Å². The minimum absolute atomic E-state index is 0.0483. The van der Waals surface area contributed by atoms with Gasteiger partial charge >= 0.3 is 12.4 Å². The molecular formula is C23H23F6N5. The van der Waals surface area contributed by atoms with Gasteiger partial charge in [0.25, 0.3) is 0 Å². The van der Waals surface area contributed by atoms with E-state index in [1.54, 1.807) is 6.07 Å². The lowest BCUT2D eigenvalue weighted by Crippen LogP contribution is -2.32. The number of nitrogens with two attached hydrogens (primary N) is 1. The molecule has 182 valence electrons. The Morgan fingerprint density at radius 3 is 2.26 bits per heavy atom. The van der Waals surface area contributed by atoms with E-state index in [4.69, 9.17) is 5.73 Å². The van der Waals surface area contributed by atoms with Gasteiger partial charge in [0.15, 0.2) is 0 Å². The molecule has 3 rings (SSSR count). The summed E-state index contributed by atoms with van der Waals surface area (Å²) < 4.78 is 79.1. The molecule has 0 unspecified atom stereocenters. The van der Waals surface area contributed by atoms with Crippen molar-refractivity contribution in [3.05, 3.63) is 83.2 Å². The predicted octanol–water partition coefficient (Wildman–Crippen LogP) is 5.09. The smallest absolute Gasteiger partial charge is 0.330 e. The molecule has 0 atom stereocenters. The molecule has 2 aromatic carbocycles. The van der Waals surface area contributed by atoms with Gasteiger partial charge in [0.2, 0.25) is 5.96 Å². The molecule has 34 heavy (non-hydrogen) atoms. The van der Waals surface area contributed by atoms with E-state index in [1.165, 1.54) is 24.4 Å². The summed E-state index contributed by atoms with van der Waals surface area (Å²) in [5.74, 6) is 0.172. The Morgan fingerprint density at radius 2 is 1.68 bits per heavy atom. The molecule has 0 amide bonds. The summed E-state index contributed by atoms with van der Waals surface area (Å²) in [6, 6.07) is 8.33. The topological polar surface area (TPSA) is 74.5 Å². The molecule has 1 heterocycles. The van der Waals surface area contributed by atoms with Crippen LogP contribution < -0.4 is 21.7 Å². The highest BCUT2D eigenvalue weighted by atomic mass is 19.4. The van der Waals surface area contributed by atoms with Crippen molar-refractivity contribution in [3.8, 4) is 0 Å². The number of halogens is 6. The summed E-state index contributed by atoms with van der Waals surface area (Å²) in [6.07, 6.45) is -7.00. The number of anilines is 1. The van der Waals surface area contributed by atoms with Gasteiger partial charge in [0.05, 0.1) is 11.1 Å². The molecule has 0 aromatic heterocycles. The number of nitrogens with zero attached hydrogens (tertiary/aromatic N) is 1. The third kappa shape index (κ3) is 6.39. The number of alkyl halides is 6. The summed E-state index contributed by atoms with van der Waals surface area (Å²) >= 11 is 0. The van der Waals surface area contributed by atoms with Gasteiger partial charge in [-0.05, 0) is 61.0 Å². The Bertz CT molecular complexity index is 1080. The van der Waals surface area contributed by atoms with E-state index in [0.717, 1.165) is 18.2 Å². The highest BCUT2D eigenvalue weighted by Crippen LogP contribution is 2.35. The Labute approximate surface area is 192 Å². The summed E-state index contributed by atoms with van der Waals surface area (Å²) in [5, 5.41) is 8.58. The fourth-order valence-corrected chi connectivity index (χ4v) is 3.25. The number of nitrogens with one attached hydrogen (secondary N) is 3. The van der Waals surface area contributed by atoms with Crippen LogP contribution in [-0.2, 0) is 18.9 Å². The molecule has 11 heteroatoms. The lowest BCUT2D eigenvalue weighted by molar-refractivity contribution is -0.138. The van der Waals surface area contributed by atoms with Crippen LogP contribution >= 0.6 is 0 Å². The zero-order chi connectivity index (χ0) is 24.9. The third-order valence-corrected chi connectivity index (χ3v) is 4.99. The van der Waals surface area contributed by atoms with Crippen molar-refractivity contribution < 1.29 is 26.3 Å². The van der Waals surface area contributed by atoms with Crippen molar-refractivity contribution in [2.24, 2.45) is 10.7 Å². The largest absolute Gasteiger partial charge is 0.416 e. The first-order valence-electron chi connectivity index (χ1n) is 10.3. The Kier molecular flexibility index (Phi) is 7.68. The van der Waals surface area contributed by atoms with Crippen LogP contribution in [0.5, 0.6) is 0 Å². The maximum Gasteiger partial charge on any atom is 0.416 e. The molecular weight excluding hydrogens is 460 g/mol. The fourth-order valence-electron chi connectivity index (χ4n) is 3.25. The molecule has 5 N–H and O–H groups in total. The van der Waals surface area contributed by atoms with Gasteiger partial charge in [0, 0.05) is 29.7 Å². The molecule has 2 aromatic rings. The average molecular weight is 483 g/mol. The van der Waals surface area contributed by atoms with Crippen molar-refractivity contribution in [1.82, 2.24) is 10.6 Å². The van der Waals surface area contributed by atoms with Crippen molar-refractivity contribution in [2.75, 3.05) is 18.4 Å². The van der Waals surface area contributed by atoms with Crippen LogP contribution in [0.25, 0.3) is 5.57 Å². The zero-order valence-corrected chi connectivity index (χ0v) is 17.9. The third-order valence-electron chi connectivity index (χ3n) is 4.99. The van der Waals surface area contributed by atoms with Gasteiger partial charge in [0.1, 0.15) is 0 Å². The molecule has 1 aliphatic heterocycles. The standard InChI is InChI=1S/C23H23F6N5/c1-14-19(13-32-21(33-14)34-18-7-5-17(6-8-18)22(24,25)26)15-3-4-16(12-31-10-2-9-30)20(11-15)23(27,28)29/h3-8,11,13,31H,1-2,9-10,12,30H2,(H2,32,33,34). The van der Waals surface area contributed by atoms with Gasteiger partial charge < -0.3 is 21.7 Å². The first-order chi connectivity index (χ1) is 16.0. The number of benzene rings is 2. The fraction of sp³-hybridized carbons (Fsp3) is 0.261. The Hall–Kier alpha value is -3.31. The SMILES string of the molecule is C=C1NC(Nc2ccc(C(F)(F)F)cc2)=NC=C1c1ccc(CNCCCN)c(C(F)(F)F)c1. The molecule has 0 spiro atoms.